The topological polar surface area (TPSA) is 150 Å². The summed E-state index contributed by atoms with van der Waals surface area (Å²) in [5, 5.41) is 8.79. The Balaban J connectivity index is 1.38. The molecular formula is C23H16ClN5O6. The minimum atomic E-state index is -1.44. The summed E-state index contributed by atoms with van der Waals surface area (Å²) in [6.45, 7) is 0. The van der Waals surface area contributed by atoms with Crippen LogP contribution in [0.3, 0.4) is 0 Å². The van der Waals surface area contributed by atoms with Crippen LogP contribution in [0.2, 0.25) is 5.02 Å². The number of barbiturate groups is 1. The third kappa shape index (κ3) is 5.25. The molecule has 1 fully saturated rings. The van der Waals surface area contributed by atoms with Gasteiger partial charge in [-0.1, -0.05) is 11.6 Å². The predicted molar refractivity (Wildman–Crippen MR) is 125 cm³/mol. The highest BCUT2D eigenvalue weighted by molar-refractivity contribution is 6.33. The number of urea groups is 1. The fourth-order valence-electron chi connectivity index (χ4n) is 3.10. The van der Waals surface area contributed by atoms with Crippen molar-refractivity contribution in [3.8, 4) is 0 Å². The van der Waals surface area contributed by atoms with Gasteiger partial charge in [0.25, 0.3) is 17.7 Å². The van der Waals surface area contributed by atoms with Crippen LogP contribution < -0.4 is 21.0 Å². The molecular weight excluding hydrogens is 478 g/mol. The highest BCUT2D eigenvalue weighted by atomic mass is 35.5. The minimum absolute atomic E-state index is 0.138. The van der Waals surface area contributed by atoms with Gasteiger partial charge in [0.2, 0.25) is 5.91 Å². The first kappa shape index (κ1) is 23.4. The smallest absolute Gasteiger partial charge is 0.335 e. The molecule has 1 aliphatic rings. The van der Waals surface area contributed by atoms with Crippen LogP contribution in [-0.2, 0) is 9.59 Å². The van der Waals surface area contributed by atoms with E-state index in [1.807, 2.05) is 0 Å². The third-order valence-electron chi connectivity index (χ3n) is 4.83. The van der Waals surface area contributed by atoms with E-state index >= 15 is 0 Å². The van der Waals surface area contributed by atoms with Crippen molar-refractivity contribution in [2.45, 2.75) is 0 Å². The number of carbonyl (C=O) groups excluding carboxylic acids is 5. The van der Waals surface area contributed by atoms with Crippen molar-refractivity contribution in [2.75, 3.05) is 10.2 Å². The normalized spacial score (nSPS) is 15.7. The summed E-state index contributed by atoms with van der Waals surface area (Å²) >= 11 is 5.83. The lowest BCUT2D eigenvalue weighted by molar-refractivity contribution is -0.131. The average molecular weight is 494 g/mol. The molecule has 0 unspecified atom stereocenters. The van der Waals surface area contributed by atoms with Crippen LogP contribution >= 0.6 is 11.6 Å². The monoisotopic (exact) mass is 493 g/mol. The molecule has 0 aliphatic carbocycles. The second kappa shape index (κ2) is 10.0. The Kier molecular flexibility index (Phi) is 6.69. The molecule has 176 valence electrons. The number of nitrogens with one attached hydrogen (secondary N) is 3. The number of halogens is 1. The summed E-state index contributed by atoms with van der Waals surface area (Å²) < 4.78 is 5.01. The summed E-state index contributed by atoms with van der Waals surface area (Å²) in [5.74, 6) is -4.09. The average Bonchev–Trinajstić information content (AvgIpc) is 3.38. The van der Waals surface area contributed by atoms with Crippen molar-refractivity contribution in [1.82, 2.24) is 10.7 Å². The Bertz CT molecular complexity index is 1320. The summed E-state index contributed by atoms with van der Waals surface area (Å²) in [6, 6.07) is 14.0. The number of hydrogen-bond donors (Lipinski definition) is 3. The fourth-order valence-corrected chi connectivity index (χ4v) is 3.22. The molecule has 1 aliphatic heterocycles. The first-order chi connectivity index (χ1) is 16.8. The quantitative estimate of drug-likeness (QED) is 0.273. The molecule has 4 rings (SSSR count). The van der Waals surface area contributed by atoms with Gasteiger partial charge in [0.1, 0.15) is 0 Å². The number of imide groups is 2. The number of rotatable bonds is 6. The fraction of sp³-hybridized carbons (Fsp3) is 0.0435. The molecule has 2 aromatic carbocycles. The van der Waals surface area contributed by atoms with E-state index in [-0.39, 0.29) is 17.0 Å². The van der Waals surface area contributed by atoms with Gasteiger partial charge in [0.05, 0.1) is 12.0 Å². The van der Waals surface area contributed by atoms with Crippen molar-refractivity contribution < 1.29 is 28.4 Å². The highest BCUT2D eigenvalue weighted by Gasteiger charge is 2.40. The largest absolute Gasteiger partial charge is 0.459 e. The number of furan rings is 1. The van der Waals surface area contributed by atoms with Gasteiger partial charge in [0, 0.05) is 22.5 Å². The molecule has 6 amide bonds. The Morgan fingerprint density at radius 3 is 2.37 bits per heavy atom. The van der Waals surface area contributed by atoms with Crippen molar-refractivity contribution in [3.05, 3.63) is 83.3 Å². The van der Waals surface area contributed by atoms with Crippen LogP contribution in [0.5, 0.6) is 0 Å². The van der Waals surface area contributed by atoms with E-state index in [0.717, 1.165) is 11.1 Å². The summed E-state index contributed by atoms with van der Waals surface area (Å²) in [6.07, 6.45) is 2.31. The number of carbonyl (C=O) groups is 5. The van der Waals surface area contributed by atoms with E-state index in [2.05, 4.69) is 21.2 Å². The lowest BCUT2D eigenvalue weighted by atomic mass is 10.1. The van der Waals surface area contributed by atoms with Crippen molar-refractivity contribution >= 4 is 58.9 Å². The van der Waals surface area contributed by atoms with Gasteiger partial charge < -0.3 is 9.73 Å². The van der Waals surface area contributed by atoms with Gasteiger partial charge in [-0.25, -0.2) is 15.1 Å². The van der Waals surface area contributed by atoms with Crippen LogP contribution in [0, 0.1) is 5.92 Å². The number of benzene rings is 2. The molecule has 11 nitrogen and oxygen atoms in total. The Morgan fingerprint density at radius 2 is 1.71 bits per heavy atom. The molecule has 1 saturated heterocycles. The van der Waals surface area contributed by atoms with Crippen LogP contribution in [0.1, 0.15) is 20.9 Å². The number of hydrogen-bond acceptors (Lipinski definition) is 7. The number of hydrazone groups is 1. The zero-order valence-corrected chi connectivity index (χ0v) is 18.5. The number of anilines is 2. The molecule has 0 saturated carbocycles. The zero-order valence-electron chi connectivity index (χ0n) is 17.7. The predicted octanol–water partition coefficient (Wildman–Crippen LogP) is 2.80. The van der Waals surface area contributed by atoms with Gasteiger partial charge in [-0.2, -0.15) is 5.10 Å². The van der Waals surface area contributed by atoms with Crippen LogP contribution in [0.25, 0.3) is 0 Å². The van der Waals surface area contributed by atoms with Crippen LogP contribution in [0.4, 0.5) is 16.2 Å². The molecule has 3 N–H and O–H groups in total. The molecule has 2 heterocycles. The first-order valence-corrected chi connectivity index (χ1v) is 10.4. The third-order valence-corrected chi connectivity index (χ3v) is 5.08. The SMILES string of the molecule is O=C(N/N=C\[C@@H]1C(=O)NC(=O)N(c2ccc(Cl)cc2)C1=O)c1ccc(NC(=O)c2ccco2)cc1. The summed E-state index contributed by atoms with van der Waals surface area (Å²) in [4.78, 5) is 62.2. The standard InChI is InChI=1S/C23H16ClN5O6/c24-14-5-9-16(10-6-14)29-22(33)17(20(31)27-23(29)34)12-25-28-19(30)13-3-7-15(8-4-13)26-21(32)18-2-1-11-35-18/h1-12,17H,(H,26,32)(H,28,30)(H,27,31,34)/b25-12-/t17-/m1/s1. The van der Waals surface area contributed by atoms with Gasteiger partial charge in [-0.05, 0) is 60.7 Å². The summed E-state index contributed by atoms with van der Waals surface area (Å²) in [5.41, 5.74) is 3.07. The first-order valence-electron chi connectivity index (χ1n) is 10.1. The van der Waals surface area contributed by atoms with E-state index in [4.69, 9.17) is 16.0 Å². The van der Waals surface area contributed by atoms with E-state index in [9.17, 15) is 24.0 Å². The van der Waals surface area contributed by atoms with E-state index in [1.165, 1.54) is 60.9 Å². The molecule has 3 aromatic rings. The molecule has 0 spiro atoms. The second-order valence-corrected chi connectivity index (χ2v) is 7.59. The molecule has 0 bridgehead atoms. The second-order valence-electron chi connectivity index (χ2n) is 7.15. The lowest BCUT2D eigenvalue weighted by Crippen LogP contribution is -2.58. The van der Waals surface area contributed by atoms with E-state index < -0.39 is 35.6 Å². The maximum Gasteiger partial charge on any atom is 0.335 e. The Labute approximate surface area is 202 Å². The lowest BCUT2D eigenvalue weighted by Gasteiger charge is -2.28. The maximum absolute atomic E-state index is 12.8. The summed E-state index contributed by atoms with van der Waals surface area (Å²) in [7, 11) is 0. The molecule has 12 heteroatoms. The molecule has 0 radical (unpaired) electrons. The van der Waals surface area contributed by atoms with E-state index in [0.29, 0.717) is 10.7 Å². The minimum Gasteiger partial charge on any atom is -0.459 e. The maximum atomic E-state index is 12.8. The van der Waals surface area contributed by atoms with Gasteiger partial charge in [0.15, 0.2) is 11.7 Å². The number of amides is 6. The number of nitrogens with zero attached hydrogens (tertiary/aromatic N) is 2. The van der Waals surface area contributed by atoms with E-state index in [1.54, 1.807) is 6.07 Å². The molecule has 35 heavy (non-hydrogen) atoms. The molecule has 1 atom stereocenters. The van der Waals surface area contributed by atoms with Crippen molar-refractivity contribution in [3.63, 3.8) is 0 Å². The van der Waals surface area contributed by atoms with Crippen molar-refractivity contribution in [2.24, 2.45) is 11.0 Å². The van der Waals surface area contributed by atoms with Crippen LogP contribution in [0.15, 0.2) is 76.4 Å². The van der Waals surface area contributed by atoms with Gasteiger partial charge in [-0.3, -0.25) is 24.5 Å². The van der Waals surface area contributed by atoms with Gasteiger partial charge in [-0.15, -0.1) is 0 Å². The van der Waals surface area contributed by atoms with Crippen LogP contribution in [-0.4, -0.2) is 35.9 Å². The molecule has 1 aromatic heterocycles. The van der Waals surface area contributed by atoms with Crippen molar-refractivity contribution in [1.29, 1.82) is 0 Å². The Hall–Kier alpha value is -4.77. The van der Waals surface area contributed by atoms with Gasteiger partial charge >= 0.3 is 6.03 Å². The highest BCUT2D eigenvalue weighted by Crippen LogP contribution is 2.22. The Morgan fingerprint density at radius 1 is 1.00 bits per heavy atom. The zero-order chi connectivity index (χ0) is 24.9.